The summed E-state index contributed by atoms with van der Waals surface area (Å²) in [4.78, 5) is 15.6. The summed E-state index contributed by atoms with van der Waals surface area (Å²) in [6.45, 7) is 2.19. The molecule has 2 aromatic heterocycles. The number of hydrogen-bond donors (Lipinski definition) is 1. The number of imidazole rings is 1. The van der Waals surface area contributed by atoms with E-state index in [9.17, 15) is 4.79 Å². The van der Waals surface area contributed by atoms with E-state index in [-0.39, 0.29) is 6.79 Å². The van der Waals surface area contributed by atoms with Crippen molar-refractivity contribution in [3.8, 4) is 22.8 Å². The van der Waals surface area contributed by atoms with Gasteiger partial charge in [-0.05, 0) is 48.9 Å². The molecule has 24 heavy (non-hydrogen) atoms. The third kappa shape index (κ3) is 2.38. The van der Waals surface area contributed by atoms with Crippen molar-refractivity contribution in [3.05, 3.63) is 53.9 Å². The van der Waals surface area contributed by atoms with Crippen molar-refractivity contribution in [2.45, 2.75) is 6.92 Å². The normalized spacial score (nSPS) is 13.0. The minimum atomic E-state index is -1.01. The molecule has 0 saturated heterocycles. The average Bonchev–Trinajstić information content (AvgIpc) is 3.15. The molecule has 3 aromatic rings. The lowest BCUT2D eigenvalue weighted by Gasteiger charge is -2.02. The Kier molecular flexibility index (Phi) is 3.23. The van der Waals surface area contributed by atoms with Crippen LogP contribution >= 0.6 is 0 Å². The molecular formula is C18H14N2O4. The summed E-state index contributed by atoms with van der Waals surface area (Å²) >= 11 is 0. The van der Waals surface area contributed by atoms with Crippen LogP contribution in [0.15, 0.2) is 42.6 Å². The molecule has 1 aromatic carbocycles. The summed E-state index contributed by atoms with van der Waals surface area (Å²) in [5.41, 5.74) is 4.07. The molecule has 0 spiro atoms. The van der Waals surface area contributed by atoms with E-state index in [1.807, 2.05) is 47.9 Å². The fourth-order valence-electron chi connectivity index (χ4n) is 2.73. The van der Waals surface area contributed by atoms with Crippen LogP contribution in [0.2, 0.25) is 0 Å². The molecule has 6 nitrogen and oxygen atoms in total. The Morgan fingerprint density at radius 3 is 2.92 bits per heavy atom. The van der Waals surface area contributed by atoms with Crippen molar-refractivity contribution in [3.63, 3.8) is 0 Å². The first-order chi connectivity index (χ1) is 11.6. The largest absolute Gasteiger partial charge is 0.478 e. The minimum absolute atomic E-state index is 0.203. The Morgan fingerprint density at radius 1 is 1.25 bits per heavy atom. The van der Waals surface area contributed by atoms with E-state index in [1.165, 1.54) is 0 Å². The topological polar surface area (TPSA) is 73.1 Å². The monoisotopic (exact) mass is 322 g/mol. The zero-order valence-electron chi connectivity index (χ0n) is 12.9. The fourth-order valence-corrected chi connectivity index (χ4v) is 2.73. The molecule has 0 bridgehead atoms. The summed E-state index contributed by atoms with van der Waals surface area (Å²) < 4.78 is 12.6. The number of benzene rings is 1. The van der Waals surface area contributed by atoms with Crippen molar-refractivity contribution in [1.29, 1.82) is 0 Å². The Morgan fingerprint density at radius 2 is 2.08 bits per heavy atom. The molecule has 6 heteroatoms. The number of hydrogen-bond acceptors (Lipinski definition) is 4. The number of aromatic nitrogens is 2. The second-order valence-electron chi connectivity index (χ2n) is 5.52. The van der Waals surface area contributed by atoms with Gasteiger partial charge in [0.15, 0.2) is 11.5 Å². The van der Waals surface area contributed by atoms with Crippen molar-refractivity contribution >= 4 is 17.7 Å². The molecule has 1 aliphatic heterocycles. The number of pyridine rings is 1. The van der Waals surface area contributed by atoms with Gasteiger partial charge in [0, 0.05) is 17.8 Å². The average molecular weight is 322 g/mol. The van der Waals surface area contributed by atoms with Crippen molar-refractivity contribution in [2.24, 2.45) is 0 Å². The van der Waals surface area contributed by atoms with Crippen LogP contribution in [0.1, 0.15) is 11.3 Å². The minimum Gasteiger partial charge on any atom is -0.478 e. The number of nitrogens with zero attached hydrogens (tertiary/aromatic N) is 2. The number of carboxylic acids is 1. The van der Waals surface area contributed by atoms with Gasteiger partial charge in [-0.25, -0.2) is 9.78 Å². The summed E-state index contributed by atoms with van der Waals surface area (Å²) in [5.74, 6) is 0.351. The Hall–Kier alpha value is -3.28. The summed E-state index contributed by atoms with van der Waals surface area (Å²) in [5, 5.41) is 8.96. The molecular weight excluding hydrogens is 308 g/mol. The van der Waals surface area contributed by atoms with E-state index >= 15 is 0 Å². The molecule has 3 heterocycles. The van der Waals surface area contributed by atoms with Gasteiger partial charge in [-0.3, -0.25) is 4.40 Å². The van der Waals surface area contributed by atoms with Gasteiger partial charge < -0.3 is 14.6 Å². The van der Waals surface area contributed by atoms with Gasteiger partial charge in [-0.2, -0.15) is 0 Å². The lowest BCUT2D eigenvalue weighted by Crippen LogP contribution is -1.93. The second-order valence-corrected chi connectivity index (χ2v) is 5.52. The zero-order valence-corrected chi connectivity index (χ0v) is 12.9. The van der Waals surface area contributed by atoms with Gasteiger partial charge in [-0.15, -0.1) is 0 Å². The SMILES string of the molecule is Cc1ccn2c(/C=C/C(=O)O)c(-c3ccc4c(c3)OCO4)nc2c1. The number of aliphatic carboxylic acids is 1. The number of fused-ring (bicyclic) bond motifs is 2. The van der Waals surface area contributed by atoms with E-state index in [1.54, 1.807) is 6.08 Å². The number of carbonyl (C=O) groups is 1. The van der Waals surface area contributed by atoms with Crippen LogP contribution in [0.3, 0.4) is 0 Å². The standard InChI is InChI=1S/C18H14N2O4/c1-11-6-7-20-13(3-5-17(21)22)18(19-16(20)8-11)12-2-4-14-15(9-12)24-10-23-14/h2-9H,10H2,1H3,(H,21,22)/b5-3+. The van der Waals surface area contributed by atoms with E-state index in [4.69, 9.17) is 14.6 Å². The van der Waals surface area contributed by atoms with Crippen LogP contribution < -0.4 is 9.47 Å². The number of carboxylic acid groups (broad SMARTS) is 1. The molecule has 120 valence electrons. The quantitative estimate of drug-likeness (QED) is 0.750. The van der Waals surface area contributed by atoms with Crippen LogP contribution in [0.4, 0.5) is 0 Å². The first kappa shape index (κ1) is 14.3. The molecule has 4 rings (SSSR count). The van der Waals surface area contributed by atoms with Gasteiger partial charge in [0.25, 0.3) is 0 Å². The van der Waals surface area contributed by atoms with Crippen LogP contribution in [0.5, 0.6) is 11.5 Å². The summed E-state index contributed by atoms with van der Waals surface area (Å²) in [7, 11) is 0. The lowest BCUT2D eigenvalue weighted by atomic mass is 10.1. The van der Waals surface area contributed by atoms with Gasteiger partial charge in [0.05, 0.1) is 11.4 Å². The Bertz CT molecular complexity index is 988. The van der Waals surface area contributed by atoms with E-state index in [0.29, 0.717) is 22.9 Å². The second kappa shape index (κ2) is 5.42. The molecule has 0 amide bonds. The van der Waals surface area contributed by atoms with Crippen molar-refractivity contribution < 1.29 is 19.4 Å². The molecule has 0 saturated carbocycles. The molecule has 0 aliphatic carbocycles. The van der Waals surface area contributed by atoms with Crippen LogP contribution in [0.25, 0.3) is 23.0 Å². The van der Waals surface area contributed by atoms with Gasteiger partial charge in [0.1, 0.15) is 5.65 Å². The van der Waals surface area contributed by atoms with E-state index in [0.717, 1.165) is 22.9 Å². The molecule has 0 unspecified atom stereocenters. The lowest BCUT2D eigenvalue weighted by molar-refractivity contribution is -0.131. The number of ether oxygens (including phenoxy) is 2. The predicted octanol–water partition coefficient (Wildman–Crippen LogP) is 3.14. The van der Waals surface area contributed by atoms with E-state index in [2.05, 4.69) is 4.98 Å². The highest BCUT2D eigenvalue weighted by Gasteiger charge is 2.18. The zero-order chi connectivity index (χ0) is 16.7. The van der Waals surface area contributed by atoms with Crippen LogP contribution in [-0.2, 0) is 4.79 Å². The maximum Gasteiger partial charge on any atom is 0.328 e. The maximum atomic E-state index is 10.9. The highest BCUT2D eigenvalue weighted by molar-refractivity contribution is 5.87. The molecule has 0 atom stereocenters. The van der Waals surface area contributed by atoms with Gasteiger partial charge >= 0.3 is 5.97 Å². The van der Waals surface area contributed by atoms with Crippen LogP contribution in [-0.4, -0.2) is 27.3 Å². The van der Waals surface area contributed by atoms with Gasteiger partial charge in [0.2, 0.25) is 6.79 Å². The Labute approximate surface area is 137 Å². The smallest absolute Gasteiger partial charge is 0.328 e. The number of aryl methyl sites for hydroxylation is 1. The molecule has 0 radical (unpaired) electrons. The first-order valence-electron chi connectivity index (χ1n) is 7.41. The third-order valence-corrected chi connectivity index (χ3v) is 3.85. The van der Waals surface area contributed by atoms with Gasteiger partial charge in [-0.1, -0.05) is 0 Å². The van der Waals surface area contributed by atoms with Crippen molar-refractivity contribution in [2.75, 3.05) is 6.79 Å². The highest BCUT2D eigenvalue weighted by atomic mass is 16.7. The first-order valence-corrected chi connectivity index (χ1v) is 7.41. The molecule has 1 aliphatic rings. The summed E-state index contributed by atoms with van der Waals surface area (Å²) in [6.07, 6.45) is 4.55. The van der Waals surface area contributed by atoms with E-state index < -0.39 is 5.97 Å². The third-order valence-electron chi connectivity index (χ3n) is 3.85. The predicted molar refractivity (Wildman–Crippen MR) is 88.2 cm³/mol. The summed E-state index contributed by atoms with van der Waals surface area (Å²) in [6, 6.07) is 9.48. The maximum absolute atomic E-state index is 10.9. The molecule has 1 N–H and O–H groups in total. The number of rotatable bonds is 3. The Balaban J connectivity index is 1.93. The van der Waals surface area contributed by atoms with Crippen molar-refractivity contribution in [1.82, 2.24) is 9.38 Å². The highest BCUT2D eigenvalue weighted by Crippen LogP contribution is 2.37. The fraction of sp³-hybridized carbons (Fsp3) is 0.111. The molecule has 0 fully saturated rings. The van der Waals surface area contributed by atoms with Crippen LogP contribution in [0, 0.1) is 6.92 Å².